The lowest BCUT2D eigenvalue weighted by molar-refractivity contribution is -0.0499. The van der Waals surface area contributed by atoms with Crippen LogP contribution in [0.3, 0.4) is 0 Å². The number of aromatic nitrogens is 1. The zero-order valence-electron chi connectivity index (χ0n) is 14.0. The molecule has 1 N–H and O–H groups in total. The van der Waals surface area contributed by atoms with Crippen molar-refractivity contribution in [3.63, 3.8) is 0 Å². The molecule has 0 fully saturated rings. The predicted molar refractivity (Wildman–Crippen MR) is 95.4 cm³/mol. The number of hydrogen-bond acceptors (Lipinski definition) is 5. The Morgan fingerprint density at radius 3 is 3.08 bits per heavy atom. The first kappa shape index (κ1) is 17.2. The number of furan rings is 1. The van der Waals surface area contributed by atoms with Crippen molar-refractivity contribution >= 4 is 11.3 Å². The van der Waals surface area contributed by atoms with Gasteiger partial charge in [-0.15, -0.1) is 11.3 Å². The van der Waals surface area contributed by atoms with E-state index in [0.29, 0.717) is 6.54 Å². The van der Waals surface area contributed by atoms with Crippen LogP contribution in [0.15, 0.2) is 46.4 Å². The molecule has 0 bridgehead atoms. The molecule has 0 saturated carbocycles. The minimum absolute atomic E-state index is 0.188. The molecule has 7 heteroatoms. The lowest BCUT2D eigenvalue weighted by atomic mass is 9.87. The van der Waals surface area contributed by atoms with Crippen LogP contribution in [0, 0.1) is 0 Å². The number of alkyl halides is 2. The van der Waals surface area contributed by atoms with Gasteiger partial charge in [-0.3, -0.25) is 0 Å². The summed E-state index contributed by atoms with van der Waals surface area (Å²) in [5, 5.41) is 6.42. The third-order valence-electron chi connectivity index (χ3n) is 4.47. The monoisotopic (exact) mass is 376 g/mol. The summed E-state index contributed by atoms with van der Waals surface area (Å²) in [6.07, 6.45) is 4.54. The average molecular weight is 376 g/mol. The highest BCUT2D eigenvalue weighted by Gasteiger charge is 2.21. The van der Waals surface area contributed by atoms with Gasteiger partial charge in [-0.2, -0.15) is 8.78 Å². The van der Waals surface area contributed by atoms with E-state index >= 15 is 0 Å². The van der Waals surface area contributed by atoms with Crippen LogP contribution in [0.25, 0.3) is 10.8 Å². The Hall–Kier alpha value is -2.25. The molecule has 0 aliphatic heterocycles. The van der Waals surface area contributed by atoms with E-state index in [9.17, 15) is 8.78 Å². The zero-order chi connectivity index (χ0) is 17.9. The molecule has 1 aliphatic carbocycles. The SMILES string of the molecule is FC(F)Oc1ccc2c(c1)CCCC2NCc1csc(-c2ccco2)n1. The fourth-order valence-corrected chi connectivity index (χ4v) is 4.09. The van der Waals surface area contributed by atoms with Gasteiger partial charge in [-0.25, -0.2) is 4.98 Å². The van der Waals surface area contributed by atoms with E-state index in [2.05, 4.69) is 15.0 Å². The normalized spacial score (nSPS) is 16.7. The molecule has 0 amide bonds. The highest BCUT2D eigenvalue weighted by molar-refractivity contribution is 7.13. The number of hydrogen-bond donors (Lipinski definition) is 1. The van der Waals surface area contributed by atoms with Crippen molar-refractivity contribution in [2.75, 3.05) is 0 Å². The number of aryl methyl sites for hydroxylation is 1. The van der Waals surface area contributed by atoms with E-state index in [1.165, 1.54) is 0 Å². The Morgan fingerprint density at radius 1 is 1.35 bits per heavy atom. The molecule has 0 spiro atoms. The summed E-state index contributed by atoms with van der Waals surface area (Å²) in [5.41, 5.74) is 3.19. The summed E-state index contributed by atoms with van der Waals surface area (Å²) in [4.78, 5) is 4.60. The maximum atomic E-state index is 12.4. The Balaban J connectivity index is 1.43. The van der Waals surface area contributed by atoms with E-state index in [1.54, 1.807) is 29.7 Å². The zero-order valence-corrected chi connectivity index (χ0v) is 14.8. The minimum Gasteiger partial charge on any atom is -0.462 e. The van der Waals surface area contributed by atoms with Crippen LogP contribution >= 0.6 is 11.3 Å². The van der Waals surface area contributed by atoms with Crippen molar-refractivity contribution in [1.29, 1.82) is 0 Å². The van der Waals surface area contributed by atoms with Gasteiger partial charge >= 0.3 is 6.61 Å². The number of thiazole rings is 1. The molecule has 0 saturated heterocycles. The van der Waals surface area contributed by atoms with Crippen molar-refractivity contribution in [3.05, 3.63) is 58.8 Å². The molecule has 3 aromatic rings. The molecule has 2 heterocycles. The second-order valence-electron chi connectivity index (χ2n) is 6.19. The van der Waals surface area contributed by atoms with E-state index in [-0.39, 0.29) is 11.8 Å². The largest absolute Gasteiger partial charge is 0.462 e. The third-order valence-corrected chi connectivity index (χ3v) is 5.37. The topological polar surface area (TPSA) is 47.3 Å². The number of halogens is 2. The van der Waals surface area contributed by atoms with Crippen LogP contribution in [0.1, 0.15) is 35.7 Å². The van der Waals surface area contributed by atoms with Crippen LogP contribution in [-0.2, 0) is 13.0 Å². The highest BCUT2D eigenvalue weighted by atomic mass is 32.1. The Labute approximate surface area is 153 Å². The Bertz CT molecular complexity index is 864. The molecule has 2 aromatic heterocycles. The molecular weight excluding hydrogens is 358 g/mol. The van der Waals surface area contributed by atoms with E-state index in [1.807, 2.05) is 23.6 Å². The molecule has 1 unspecified atom stereocenters. The molecule has 1 aliphatic rings. The lowest BCUT2D eigenvalue weighted by Crippen LogP contribution is -2.25. The summed E-state index contributed by atoms with van der Waals surface area (Å²) in [6.45, 7) is -2.14. The Kier molecular flexibility index (Phi) is 4.99. The van der Waals surface area contributed by atoms with Gasteiger partial charge in [0.15, 0.2) is 10.8 Å². The van der Waals surface area contributed by atoms with Crippen molar-refractivity contribution in [2.45, 2.75) is 38.5 Å². The van der Waals surface area contributed by atoms with Gasteiger partial charge in [-0.05, 0) is 54.7 Å². The van der Waals surface area contributed by atoms with Gasteiger partial charge in [0.05, 0.1) is 12.0 Å². The van der Waals surface area contributed by atoms with Crippen LogP contribution in [0.2, 0.25) is 0 Å². The predicted octanol–water partition coefficient (Wildman–Crippen LogP) is 5.17. The van der Waals surface area contributed by atoms with Gasteiger partial charge in [-0.1, -0.05) is 6.07 Å². The second-order valence-corrected chi connectivity index (χ2v) is 7.04. The number of fused-ring (bicyclic) bond motifs is 1. The maximum Gasteiger partial charge on any atom is 0.387 e. The lowest BCUT2D eigenvalue weighted by Gasteiger charge is -2.26. The van der Waals surface area contributed by atoms with Crippen LogP contribution in [0.5, 0.6) is 5.75 Å². The summed E-state index contributed by atoms with van der Waals surface area (Å²) in [5.74, 6) is 0.998. The number of nitrogens with zero attached hydrogens (tertiary/aromatic N) is 1. The molecule has 1 atom stereocenters. The summed E-state index contributed by atoms with van der Waals surface area (Å²) >= 11 is 1.55. The molecule has 1 aromatic carbocycles. The minimum atomic E-state index is -2.79. The maximum absolute atomic E-state index is 12.4. The van der Waals surface area contributed by atoms with E-state index in [0.717, 1.165) is 46.9 Å². The number of rotatable bonds is 6. The highest BCUT2D eigenvalue weighted by Crippen LogP contribution is 2.33. The molecule has 0 radical (unpaired) electrons. The summed E-state index contributed by atoms with van der Waals surface area (Å²) < 4.78 is 34.7. The first-order valence-electron chi connectivity index (χ1n) is 8.48. The van der Waals surface area contributed by atoms with Crippen LogP contribution in [0.4, 0.5) is 8.78 Å². The van der Waals surface area contributed by atoms with Gasteiger partial charge in [0.1, 0.15) is 5.75 Å². The standard InChI is InChI=1S/C19H18F2N2O2S/c20-19(21)25-14-6-7-15-12(9-14)3-1-4-16(15)22-10-13-11-26-18(23-13)17-5-2-8-24-17/h2,5-9,11,16,19,22H,1,3-4,10H2. The van der Waals surface area contributed by atoms with E-state index in [4.69, 9.17) is 4.42 Å². The van der Waals surface area contributed by atoms with Crippen molar-refractivity contribution in [3.8, 4) is 16.5 Å². The Morgan fingerprint density at radius 2 is 2.27 bits per heavy atom. The fourth-order valence-electron chi connectivity index (χ4n) is 3.31. The van der Waals surface area contributed by atoms with Crippen LogP contribution in [-0.4, -0.2) is 11.6 Å². The molecule has 4 rings (SSSR count). The first-order chi connectivity index (χ1) is 12.7. The molecule has 4 nitrogen and oxygen atoms in total. The average Bonchev–Trinajstić information content (AvgIpc) is 3.30. The first-order valence-corrected chi connectivity index (χ1v) is 9.36. The summed E-state index contributed by atoms with van der Waals surface area (Å²) in [7, 11) is 0. The smallest absolute Gasteiger partial charge is 0.387 e. The van der Waals surface area contributed by atoms with Crippen LogP contribution < -0.4 is 10.1 Å². The van der Waals surface area contributed by atoms with E-state index < -0.39 is 6.61 Å². The van der Waals surface area contributed by atoms with Gasteiger partial charge < -0.3 is 14.5 Å². The fraction of sp³-hybridized carbons (Fsp3) is 0.316. The third kappa shape index (κ3) is 3.78. The molecule has 136 valence electrons. The summed E-state index contributed by atoms with van der Waals surface area (Å²) in [6, 6.07) is 9.16. The number of ether oxygens (including phenoxy) is 1. The van der Waals surface area contributed by atoms with Crippen molar-refractivity contribution < 1.29 is 17.9 Å². The van der Waals surface area contributed by atoms with Crippen molar-refractivity contribution in [2.24, 2.45) is 0 Å². The van der Waals surface area contributed by atoms with Gasteiger partial charge in [0.25, 0.3) is 0 Å². The number of benzene rings is 1. The number of nitrogens with one attached hydrogen (secondary N) is 1. The molecular formula is C19H18F2N2O2S. The van der Waals surface area contributed by atoms with Gasteiger partial charge in [0.2, 0.25) is 0 Å². The second kappa shape index (κ2) is 7.55. The molecule has 26 heavy (non-hydrogen) atoms. The quantitative estimate of drug-likeness (QED) is 0.645. The van der Waals surface area contributed by atoms with Crippen molar-refractivity contribution in [1.82, 2.24) is 10.3 Å². The van der Waals surface area contributed by atoms with Gasteiger partial charge in [0, 0.05) is 18.0 Å².